The fraction of sp³-hybridized carbons (Fsp3) is 0.900. The van der Waals surface area contributed by atoms with Gasteiger partial charge in [-0.05, 0) is 6.42 Å². The third-order valence-electron chi connectivity index (χ3n) is 2.06. The van der Waals surface area contributed by atoms with Crippen LogP contribution >= 0.6 is 0 Å². The molecule has 0 aliphatic carbocycles. The van der Waals surface area contributed by atoms with Gasteiger partial charge in [-0.3, -0.25) is 4.79 Å². The van der Waals surface area contributed by atoms with Gasteiger partial charge < -0.3 is 9.29 Å². The average Bonchev–Trinajstić information content (AvgIpc) is 2.13. The van der Waals surface area contributed by atoms with Crippen molar-refractivity contribution in [2.24, 2.45) is 0 Å². The Bertz CT molecular complexity index is 289. The van der Waals surface area contributed by atoms with Crippen molar-refractivity contribution in [1.29, 1.82) is 0 Å². The van der Waals surface area contributed by atoms with Gasteiger partial charge in [0, 0.05) is 0 Å². The summed E-state index contributed by atoms with van der Waals surface area (Å²) in [5, 5.41) is 0. The number of hydrogen-bond acceptors (Lipinski definition) is 5. The van der Waals surface area contributed by atoms with Crippen LogP contribution in [0.25, 0.3) is 0 Å². The molecular weight excluding hydrogens is 255 g/mol. The molecule has 5 nitrogen and oxygen atoms in total. The Hall–Kier alpha value is 0.380. The van der Waals surface area contributed by atoms with Crippen LogP contribution in [0.4, 0.5) is 0 Å². The molecule has 0 fully saturated rings. The van der Waals surface area contributed by atoms with Gasteiger partial charge in [-0.2, -0.15) is 0 Å². The Morgan fingerprint density at radius 1 is 1.12 bits per heavy atom. The minimum Gasteiger partial charge on any atom is -0.748 e. The van der Waals surface area contributed by atoms with Crippen LogP contribution in [0, 0.1) is 0 Å². The summed E-state index contributed by atoms with van der Waals surface area (Å²) in [4.78, 5) is 10.8. The fourth-order valence-electron chi connectivity index (χ4n) is 1.25. The van der Waals surface area contributed by atoms with E-state index in [1.165, 1.54) is 19.3 Å². The topological polar surface area (TPSA) is 83.5 Å². The van der Waals surface area contributed by atoms with Gasteiger partial charge in [-0.1, -0.05) is 39.0 Å². The standard InChI is InChI=1S/C10H20O5S.Na/c1-2-3-4-5-6-7-8-15-10(11)9-16(12,13)14;/h2-9H2,1H3,(H,12,13,14);/q;+1/p-1. The van der Waals surface area contributed by atoms with Gasteiger partial charge in [-0.25, -0.2) is 8.42 Å². The van der Waals surface area contributed by atoms with E-state index in [1.54, 1.807) is 0 Å². The minimum absolute atomic E-state index is 0. The Kier molecular flexibility index (Phi) is 13.3. The summed E-state index contributed by atoms with van der Waals surface area (Å²) in [6.07, 6.45) is 6.31. The van der Waals surface area contributed by atoms with Gasteiger partial charge in [0.1, 0.15) is 15.9 Å². The van der Waals surface area contributed by atoms with Crippen LogP contribution in [-0.4, -0.2) is 31.3 Å². The SMILES string of the molecule is CCCCCCCCOC(=O)CS(=O)(=O)[O-].[Na+]. The van der Waals surface area contributed by atoms with Crippen LogP contribution in [0.3, 0.4) is 0 Å². The second kappa shape index (κ2) is 11.5. The van der Waals surface area contributed by atoms with Crippen molar-refractivity contribution in [2.45, 2.75) is 45.4 Å². The van der Waals surface area contributed by atoms with Crippen molar-refractivity contribution in [1.82, 2.24) is 0 Å². The first-order valence-electron chi connectivity index (χ1n) is 5.55. The van der Waals surface area contributed by atoms with Crippen LogP contribution in [0.1, 0.15) is 45.4 Å². The molecule has 17 heavy (non-hydrogen) atoms. The van der Waals surface area contributed by atoms with Crippen LogP contribution in [0.2, 0.25) is 0 Å². The maximum Gasteiger partial charge on any atom is 1.00 e. The van der Waals surface area contributed by atoms with Crippen molar-refractivity contribution in [3.63, 3.8) is 0 Å². The van der Waals surface area contributed by atoms with Crippen LogP contribution in [-0.2, 0) is 19.6 Å². The fourth-order valence-corrected chi connectivity index (χ4v) is 1.63. The normalized spacial score (nSPS) is 10.7. The number of rotatable bonds is 9. The number of ether oxygens (including phenoxy) is 1. The molecule has 0 spiro atoms. The van der Waals surface area contributed by atoms with Crippen molar-refractivity contribution < 1.29 is 52.1 Å². The van der Waals surface area contributed by atoms with E-state index in [0.29, 0.717) is 6.42 Å². The van der Waals surface area contributed by atoms with Crippen molar-refractivity contribution in [2.75, 3.05) is 12.4 Å². The van der Waals surface area contributed by atoms with E-state index in [1.807, 2.05) is 0 Å². The minimum atomic E-state index is -4.50. The molecule has 0 aliphatic heterocycles. The van der Waals surface area contributed by atoms with E-state index in [2.05, 4.69) is 11.7 Å². The summed E-state index contributed by atoms with van der Waals surface area (Å²) in [5.41, 5.74) is 0. The molecule has 0 aromatic rings. The van der Waals surface area contributed by atoms with Gasteiger partial charge in [-0.15, -0.1) is 0 Å². The molecule has 0 saturated carbocycles. The monoisotopic (exact) mass is 274 g/mol. The molecule has 7 heteroatoms. The number of carbonyl (C=O) groups excluding carboxylic acids is 1. The molecule has 0 heterocycles. The second-order valence-electron chi connectivity index (χ2n) is 3.69. The van der Waals surface area contributed by atoms with E-state index in [0.717, 1.165) is 12.8 Å². The predicted molar refractivity (Wildman–Crippen MR) is 58.9 cm³/mol. The van der Waals surface area contributed by atoms with Gasteiger partial charge in [0.15, 0.2) is 0 Å². The number of hydrogen-bond donors (Lipinski definition) is 0. The largest absolute Gasteiger partial charge is 1.00 e. The molecule has 0 unspecified atom stereocenters. The van der Waals surface area contributed by atoms with E-state index >= 15 is 0 Å². The number of esters is 1. The summed E-state index contributed by atoms with van der Waals surface area (Å²) >= 11 is 0. The first kappa shape index (κ1) is 19.7. The summed E-state index contributed by atoms with van der Waals surface area (Å²) in [6.45, 7) is 2.33. The summed E-state index contributed by atoms with van der Waals surface area (Å²) < 4.78 is 35.2. The maximum atomic E-state index is 10.8. The first-order chi connectivity index (χ1) is 7.45. The third-order valence-corrected chi connectivity index (χ3v) is 2.64. The van der Waals surface area contributed by atoms with Crippen molar-refractivity contribution in [3.8, 4) is 0 Å². The first-order valence-corrected chi connectivity index (χ1v) is 7.12. The second-order valence-corrected chi connectivity index (χ2v) is 5.09. The zero-order chi connectivity index (χ0) is 12.4. The molecule has 0 saturated heterocycles. The van der Waals surface area contributed by atoms with E-state index in [4.69, 9.17) is 0 Å². The molecule has 0 bridgehead atoms. The Labute approximate surface area is 125 Å². The summed E-state index contributed by atoms with van der Waals surface area (Å²) in [5.74, 6) is -2.02. The predicted octanol–water partition coefficient (Wildman–Crippen LogP) is -1.56. The molecule has 0 atom stereocenters. The molecule has 0 aliphatic rings. The number of carbonyl (C=O) groups is 1. The molecule has 0 N–H and O–H groups in total. The Morgan fingerprint density at radius 3 is 2.18 bits per heavy atom. The quantitative estimate of drug-likeness (QED) is 0.220. The van der Waals surface area contributed by atoms with Crippen molar-refractivity contribution in [3.05, 3.63) is 0 Å². The molecule has 0 radical (unpaired) electrons. The van der Waals surface area contributed by atoms with Gasteiger partial charge >= 0.3 is 35.5 Å². The molecule has 0 aromatic heterocycles. The third kappa shape index (κ3) is 16.4. The Balaban J connectivity index is 0. The zero-order valence-electron chi connectivity index (χ0n) is 10.6. The average molecular weight is 274 g/mol. The van der Waals surface area contributed by atoms with Crippen molar-refractivity contribution >= 4 is 16.1 Å². The molecule has 96 valence electrons. The van der Waals surface area contributed by atoms with Gasteiger partial charge in [0.2, 0.25) is 0 Å². The Morgan fingerprint density at radius 2 is 1.65 bits per heavy atom. The smallest absolute Gasteiger partial charge is 0.748 e. The maximum absolute atomic E-state index is 10.8. The molecule has 0 rings (SSSR count). The van der Waals surface area contributed by atoms with Gasteiger partial charge in [0.05, 0.1) is 6.61 Å². The number of unbranched alkanes of at least 4 members (excludes halogenated alkanes) is 5. The van der Waals surface area contributed by atoms with Crippen LogP contribution in [0.15, 0.2) is 0 Å². The summed E-state index contributed by atoms with van der Waals surface area (Å²) in [6, 6.07) is 0. The van der Waals surface area contributed by atoms with Crippen LogP contribution < -0.4 is 29.6 Å². The molecular formula is C10H19NaO5S. The van der Waals surface area contributed by atoms with E-state index in [9.17, 15) is 17.8 Å². The molecule has 0 aromatic carbocycles. The molecule has 0 amide bonds. The zero-order valence-corrected chi connectivity index (χ0v) is 13.4. The van der Waals surface area contributed by atoms with E-state index in [-0.39, 0.29) is 36.2 Å². The van der Waals surface area contributed by atoms with E-state index < -0.39 is 21.8 Å². The summed E-state index contributed by atoms with van der Waals surface area (Å²) in [7, 11) is -4.50. The van der Waals surface area contributed by atoms with Gasteiger partial charge in [0.25, 0.3) is 0 Å². The van der Waals surface area contributed by atoms with Crippen LogP contribution in [0.5, 0.6) is 0 Å².